The van der Waals surface area contributed by atoms with Gasteiger partial charge in [-0.3, -0.25) is 9.59 Å². The number of hydrazone groups is 1. The van der Waals surface area contributed by atoms with E-state index in [1.165, 1.54) is 28.5 Å². The lowest BCUT2D eigenvalue weighted by Crippen LogP contribution is -2.36. The zero-order valence-corrected chi connectivity index (χ0v) is 13.8. The van der Waals surface area contributed by atoms with Gasteiger partial charge in [0.25, 0.3) is 5.91 Å². The Labute approximate surface area is 147 Å². The fourth-order valence-corrected chi connectivity index (χ4v) is 3.05. The molecule has 0 radical (unpaired) electrons. The Kier molecular flexibility index (Phi) is 4.86. The Bertz CT molecular complexity index is 883. The summed E-state index contributed by atoms with van der Waals surface area (Å²) in [7, 11) is 0. The van der Waals surface area contributed by atoms with Gasteiger partial charge in [0.1, 0.15) is 22.6 Å². The van der Waals surface area contributed by atoms with Crippen molar-refractivity contribution in [1.29, 1.82) is 5.26 Å². The number of thiophene rings is 1. The maximum Gasteiger partial charge on any atom is 0.272 e. The van der Waals surface area contributed by atoms with Crippen molar-refractivity contribution >= 4 is 33.9 Å². The minimum atomic E-state index is -0.435. The van der Waals surface area contributed by atoms with E-state index in [9.17, 15) is 14.0 Å². The van der Waals surface area contributed by atoms with Crippen LogP contribution in [0.3, 0.4) is 0 Å². The van der Waals surface area contributed by atoms with Gasteiger partial charge in [0.2, 0.25) is 5.91 Å². The molecular formula is C17H13FN4O2S. The number of halogens is 1. The quantitative estimate of drug-likeness (QED) is 0.914. The number of nitriles is 1. The molecule has 0 aliphatic carbocycles. The van der Waals surface area contributed by atoms with Crippen LogP contribution >= 0.6 is 11.3 Å². The van der Waals surface area contributed by atoms with E-state index in [4.69, 9.17) is 5.26 Å². The first kappa shape index (κ1) is 16.8. The third-order valence-electron chi connectivity index (χ3n) is 3.63. The minimum Gasteiger partial charge on any atom is -0.311 e. The first-order chi connectivity index (χ1) is 12.1. The van der Waals surface area contributed by atoms with Gasteiger partial charge in [-0.05, 0) is 29.1 Å². The SMILES string of the molecule is N#Cc1ccsc1NC(=O)C1=NN(Cc2ccc(F)cc2)C(=O)CC1. The molecule has 1 aliphatic heterocycles. The topological polar surface area (TPSA) is 85.6 Å². The molecule has 1 aliphatic rings. The smallest absolute Gasteiger partial charge is 0.272 e. The van der Waals surface area contributed by atoms with E-state index in [1.807, 2.05) is 6.07 Å². The average Bonchev–Trinajstić information content (AvgIpc) is 3.06. The third kappa shape index (κ3) is 3.89. The van der Waals surface area contributed by atoms with Gasteiger partial charge in [0.15, 0.2) is 0 Å². The van der Waals surface area contributed by atoms with Crippen LogP contribution in [0.2, 0.25) is 0 Å². The average molecular weight is 356 g/mol. The van der Waals surface area contributed by atoms with Gasteiger partial charge >= 0.3 is 0 Å². The number of amides is 2. The summed E-state index contributed by atoms with van der Waals surface area (Å²) in [5.41, 5.74) is 1.32. The highest BCUT2D eigenvalue weighted by atomic mass is 32.1. The molecule has 126 valence electrons. The van der Waals surface area contributed by atoms with Crippen LogP contribution < -0.4 is 5.32 Å². The lowest BCUT2D eigenvalue weighted by atomic mass is 10.1. The molecule has 0 saturated heterocycles. The molecular weight excluding hydrogens is 343 g/mol. The molecule has 2 amide bonds. The highest BCUT2D eigenvalue weighted by molar-refractivity contribution is 7.14. The summed E-state index contributed by atoms with van der Waals surface area (Å²) in [6.45, 7) is 0.165. The van der Waals surface area contributed by atoms with Crippen LogP contribution in [0.15, 0.2) is 40.8 Å². The van der Waals surface area contributed by atoms with Crippen molar-refractivity contribution in [3.8, 4) is 6.07 Å². The van der Waals surface area contributed by atoms with E-state index in [-0.39, 0.29) is 36.8 Å². The molecule has 8 heteroatoms. The maximum atomic E-state index is 13.0. The van der Waals surface area contributed by atoms with Crippen LogP contribution in [0.1, 0.15) is 24.0 Å². The number of anilines is 1. The number of hydrogen-bond acceptors (Lipinski definition) is 5. The van der Waals surface area contributed by atoms with E-state index >= 15 is 0 Å². The normalized spacial score (nSPS) is 14.0. The summed E-state index contributed by atoms with van der Waals surface area (Å²) in [6, 6.07) is 9.36. The summed E-state index contributed by atoms with van der Waals surface area (Å²) in [4.78, 5) is 24.4. The van der Waals surface area contributed by atoms with E-state index in [1.54, 1.807) is 23.6 Å². The van der Waals surface area contributed by atoms with E-state index in [0.29, 0.717) is 16.1 Å². The first-order valence-corrected chi connectivity index (χ1v) is 8.36. The lowest BCUT2D eigenvalue weighted by molar-refractivity contribution is -0.132. The fraction of sp³-hybridized carbons (Fsp3) is 0.176. The molecule has 25 heavy (non-hydrogen) atoms. The molecule has 6 nitrogen and oxygen atoms in total. The number of hydrogen-bond donors (Lipinski definition) is 1. The van der Waals surface area contributed by atoms with Crippen molar-refractivity contribution < 1.29 is 14.0 Å². The summed E-state index contributed by atoms with van der Waals surface area (Å²) in [6.07, 6.45) is 0.404. The maximum absolute atomic E-state index is 13.0. The van der Waals surface area contributed by atoms with Crippen molar-refractivity contribution in [2.24, 2.45) is 5.10 Å². The highest BCUT2D eigenvalue weighted by Crippen LogP contribution is 2.23. The van der Waals surface area contributed by atoms with E-state index < -0.39 is 5.91 Å². The number of rotatable bonds is 4. The van der Waals surface area contributed by atoms with Crippen molar-refractivity contribution in [3.05, 3.63) is 52.7 Å². The number of benzene rings is 1. The third-order valence-corrected chi connectivity index (χ3v) is 4.46. The lowest BCUT2D eigenvalue weighted by Gasteiger charge is -2.23. The molecule has 0 fully saturated rings. The molecule has 3 rings (SSSR count). The van der Waals surface area contributed by atoms with Gasteiger partial charge in [-0.15, -0.1) is 11.3 Å². The molecule has 0 spiro atoms. The molecule has 1 aromatic carbocycles. The van der Waals surface area contributed by atoms with E-state index in [0.717, 1.165) is 0 Å². The fourth-order valence-electron chi connectivity index (χ4n) is 2.32. The molecule has 2 heterocycles. The van der Waals surface area contributed by atoms with Crippen LogP contribution in [0.4, 0.5) is 9.39 Å². The van der Waals surface area contributed by atoms with Gasteiger partial charge in [0, 0.05) is 12.8 Å². The van der Waals surface area contributed by atoms with Crippen molar-refractivity contribution in [1.82, 2.24) is 5.01 Å². The Balaban J connectivity index is 1.74. The molecule has 1 aromatic heterocycles. The molecule has 0 unspecified atom stereocenters. The Hall–Kier alpha value is -3.05. The number of carbonyl (C=O) groups excluding carboxylic acids is 2. The van der Waals surface area contributed by atoms with Gasteiger partial charge in [0.05, 0.1) is 12.1 Å². The molecule has 1 N–H and O–H groups in total. The van der Waals surface area contributed by atoms with Crippen LogP contribution in [-0.4, -0.2) is 22.5 Å². The van der Waals surface area contributed by atoms with Gasteiger partial charge in [-0.25, -0.2) is 9.40 Å². The minimum absolute atomic E-state index is 0.165. The summed E-state index contributed by atoms with van der Waals surface area (Å²) in [5, 5.41) is 19.2. The van der Waals surface area contributed by atoms with Gasteiger partial charge in [-0.1, -0.05) is 12.1 Å². The molecule has 0 atom stereocenters. The summed E-state index contributed by atoms with van der Waals surface area (Å²) < 4.78 is 13.0. The first-order valence-electron chi connectivity index (χ1n) is 7.48. The van der Waals surface area contributed by atoms with Crippen molar-refractivity contribution in [3.63, 3.8) is 0 Å². The molecule has 0 bridgehead atoms. The molecule has 2 aromatic rings. The second-order valence-corrected chi connectivity index (χ2v) is 6.27. The monoisotopic (exact) mass is 356 g/mol. The highest BCUT2D eigenvalue weighted by Gasteiger charge is 2.25. The van der Waals surface area contributed by atoms with Crippen molar-refractivity contribution in [2.75, 3.05) is 5.32 Å². The van der Waals surface area contributed by atoms with Crippen LogP contribution in [0.5, 0.6) is 0 Å². The van der Waals surface area contributed by atoms with Crippen molar-refractivity contribution in [2.45, 2.75) is 19.4 Å². The van der Waals surface area contributed by atoms with E-state index in [2.05, 4.69) is 10.4 Å². The zero-order chi connectivity index (χ0) is 17.8. The second kappa shape index (κ2) is 7.23. The largest absolute Gasteiger partial charge is 0.311 e. The Morgan fingerprint density at radius 2 is 2.08 bits per heavy atom. The molecule has 0 saturated carbocycles. The predicted molar refractivity (Wildman–Crippen MR) is 91.3 cm³/mol. The standard InChI is InChI=1S/C17H13FN4O2S/c18-13-3-1-11(2-4-13)10-22-15(23)6-5-14(21-22)16(24)20-17-12(9-19)7-8-25-17/h1-4,7-8H,5-6,10H2,(H,20,24). The van der Waals surface area contributed by atoms with Gasteiger partial charge < -0.3 is 5.32 Å². The Morgan fingerprint density at radius 3 is 2.80 bits per heavy atom. The Morgan fingerprint density at radius 1 is 1.32 bits per heavy atom. The van der Waals surface area contributed by atoms with Crippen LogP contribution in [0, 0.1) is 17.1 Å². The summed E-state index contributed by atoms with van der Waals surface area (Å²) in [5.74, 6) is -0.994. The summed E-state index contributed by atoms with van der Waals surface area (Å²) >= 11 is 1.25. The second-order valence-electron chi connectivity index (χ2n) is 5.35. The number of nitrogens with zero attached hydrogens (tertiary/aromatic N) is 3. The van der Waals surface area contributed by atoms with Crippen LogP contribution in [0.25, 0.3) is 0 Å². The number of nitrogens with one attached hydrogen (secondary N) is 1. The van der Waals surface area contributed by atoms with Crippen LogP contribution in [-0.2, 0) is 16.1 Å². The zero-order valence-electron chi connectivity index (χ0n) is 13.0. The predicted octanol–water partition coefficient (Wildman–Crippen LogP) is 2.88. The van der Waals surface area contributed by atoms with Gasteiger partial charge in [-0.2, -0.15) is 10.4 Å². The number of carbonyl (C=O) groups is 2.